The van der Waals surface area contributed by atoms with Crippen molar-refractivity contribution in [3.05, 3.63) is 71.4 Å². The fraction of sp³-hybridized carbons (Fsp3) is 0.238. The molecule has 2 aromatic carbocycles. The van der Waals surface area contributed by atoms with Gasteiger partial charge in [-0.15, -0.1) is 0 Å². The molecule has 0 bridgehead atoms. The first-order valence-corrected chi connectivity index (χ1v) is 8.88. The number of carbonyl (C=O) groups is 2. The molecule has 1 aromatic heterocycles. The third-order valence-electron chi connectivity index (χ3n) is 5.24. The first-order chi connectivity index (χ1) is 13.4. The summed E-state index contributed by atoms with van der Waals surface area (Å²) in [7, 11) is 0. The zero-order valence-corrected chi connectivity index (χ0v) is 14.9. The van der Waals surface area contributed by atoms with Gasteiger partial charge in [-0.05, 0) is 34.7 Å². The van der Waals surface area contributed by atoms with Crippen LogP contribution in [0.25, 0.3) is 10.9 Å². The summed E-state index contributed by atoms with van der Waals surface area (Å²) in [5, 5.41) is 13.2. The van der Waals surface area contributed by atoms with Crippen LogP contribution in [0.2, 0.25) is 0 Å². The van der Waals surface area contributed by atoms with Gasteiger partial charge in [0.15, 0.2) is 0 Å². The molecule has 1 aliphatic carbocycles. The first-order valence-electron chi connectivity index (χ1n) is 8.88. The summed E-state index contributed by atoms with van der Waals surface area (Å²) in [6.45, 7) is -0.469. The summed E-state index contributed by atoms with van der Waals surface area (Å²) < 4.78 is 26.9. The van der Waals surface area contributed by atoms with Gasteiger partial charge in [-0.1, -0.05) is 30.3 Å². The van der Waals surface area contributed by atoms with Crippen molar-refractivity contribution in [1.82, 2.24) is 9.88 Å². The second-order valence-corrected chi connectivity index (χ2v) is 7.10. The van der Waals surface area contributed by atoms with Crippen LogP contribution in [0, 0.1) is 0 Å². The predicted molar refractivity (Wildman–Crippen MR) is 99.6 cm³/mol. The van der Waals surface area contributed by atoms with Crippen LogP contribution in [-0.2, 0) is 24.2 Å². The van der Waals surface area contributed by atoms with Crippen LogP contribution in [0.1, 0.15) is 21.5 Å². The fourth-order valence-electron chi connectivity index (χ4n) is 3.83. The van der Waals surface area contributed by atoms with E-state index in [1.165, 1.54) is 10.6 Å². The van der Waals surface area contributed by atoms with Crippen LogP contribution in [-0.4, -0.2) is 33.5 Å². The second-order valence-electron chi connectivity index (χ2n) is 7.10. The van der Waals surface area contributed by atoms with E-state index in [2.05, 4.69) is 5.32 Å². The van der Waals surface area contributed by atoms with Gasteiger partial charge in [-0.3, -0.25) is 4.79 Å². The van der Waals surface area contributed by atoms with Gasteiger partial charge in [0.2, 0.25) is 0 Å². The molecule has 4 rings (SSSR count). The van der Waals surface area contributed by atoms with Crippen LogP contribution in [0.15, 0.2) is 54.7 Å². The molecule has 0 radical (unpaired) electrons. The lowest BCUT2D eigenvalue weighted by molar-refractivity contribution is -0.144. The monoisotopic (exact) mass is 384 g/mol. The number of hydrogen-bond acceptors (Lipinski definition) is 2. The second kappa shape index (κ2) is 6.74. The minimum Gasteiger partial charge on any atom is -0.479 e. The fourth-order valence-corrected chi connectivity index (χ4v) is 3.83. The molecule has 28 heavy (non-hydrogen) atoms. The zero-order chi connectivity index (χ0) is 19.9. The Balaban J connectivity index is 1.63. The molecule has 7 heteroatoms. The maximum atomic E-state index is 12.8. The Morgan fingerprint density at radius 3 is 2.39 bits per heavy atom. The summed E-state index contributed by atoms with van der Waals surface area (Å²) in [4.78, 5) is 24.8. The molecule has 0 fully saturated rings. The number of hydrogen-bond donors (Lipinski definition) is 2. The smallest absolute Gasteiger partial charge is 0.330 e. The average Bonchev–Trinajstić information content (AvgIpc) is 3.22. The molecule has 5 nitrogen and oxygen atoms in total. The molecule has 1 amide bonds. The number of fused-ring (bicyclic) bond motifs is 2. The van der Waals surface area contributed by atoms with Crippen LogP contribution in [0.3, 0.4) is 0 Å². The highest BCUT2D eigenvalue weighted by Crippen LogP contribution is 2.31. The Morgan fingerprint density at radius 1 is 1.11 bits per heavy atom. The van der Waals surface area contributed by atoms with Crippen molar-refractivity contribution in [1.29, 1.82) is 0 Å². The molecule has 0 unspecified atom stereocenters. The number of alkyl halides is 2. The highest BCUT2D eigenvalue weighted by atomic mass is 19.3. The molecule has 144 valence electrons. The third kappa shape index (κ3) is 3.13. The summed E-state index contributed by atoms with van der Waals surface area (Å²) in [5.41, 5.74) is 1.11. The van der Waals surface area contributed by atoms with E-state index >= 15 is 0 Å². The number of amides is 1. The van der Waals surface area contributed by atoms with Crippen molar-refractivity contribution in [3.8, 4) is 0 Å². The standard InChI is InChI=1S/C21H18F2N2O3/c22-18(23)12-25-8-7-13-5-6-14(9-17(13)25)19(26)24-21(20(27)28)10-15-3-1-2-4-16(15)11-21/h1-9,18H,10-12H2,(H,24,26)(H,27,28). The van der Waals surface area contributed by atoms with Gasteiger partial charge in [0.05, 0.1) is 6.54 Å². The number of benzene rings is 2. The van der Waals surface area contributed by atoms with Gasteiger partial charge in [0.1, 0.15) is 5.54 Å². The number of aliphatic carboxylic acids is 1. The lowest BCUT2D eigenvalue weighted by Crippen LogP contribution is -2.55. The summed E-state index contributed by atoms with van der Waals surface area (Å²) in [6.07, 6.45) is -0.562. The lowest BCUT2D eigenvalue weighted by Gasteiger charge is -2.25. The quantitative estimate of drug-likeness (QED) is 0.709. The van der Waals surface area contributed by atoms with Crippen LogP contribution in [0.4, 0.5) is 8.78 Å². The van der Waals surface area contributed by atoms with Gasteiger partial charge in [0.25, 0.3) is 12.3 Å². The largest absolute Gasteiger partial charge is 0.479 e. The van der Waals surface area contributed by atoms with Crippen LogP contribution in [0.5, 0.6) is 0 Å². The number of halogens is 2. The van der Waals surface area contributed by atoms with Gasteiger partial charge in [0, 0.05) is 30.1 Å². The Morgan fingerprint density at radius 2 is 1.79 bits per heavy atom. The molecule has 0 atom stereocenters. The maximum Gasteiger partial charge on any atom is 0.330 e. The Labute approximate surface area is 159 Å². The Hall–Kier alpha value is -3.22. The van der Waals surface area contributed by atoms with E-state index in [0.717, 1.165) is 16.5 Å². The number of aromatic nitrogens is 1. The van der Waals surface area contributed by atoms with Gasteiger partial charge in [-0.2, -0.15) is 0 Å². The van der Waals surface area contributed by atoms with E-state index in [1.807, 2.05) is 24.3 Å². The molecule has 0 saturated carbocycles. The molecular formula is C21H18F2N2O3. The molecule has 0 aliphatic heterocycles. The number of nitrogens with zero attached hydrogens (tertiary/aromatic N) is 1. The van der Waals surface area contributed by atoms with Crippen molar-refractivity contribution in [3.63, 3.8) is 0 Å². The summed E-state index contributed by atoms with van der Waals surface area (Å²) >= 11 is 0. The van der Waals surface area contributed by atoms with E-state index in [4.69, 9.17) is 0 Å². The molecular weight excluding hydrogens is 366 g/mol. The highest BCUT2D eigenvalue weighted by molar-refractivity contribution is 6.01. The number of carbonyl (C=O) groups excluding carboxylic acids is 1. The van der Waals surface area contributed by atoms with E-state index < -0.39 is 30.4 Å². The van der Waals surface area contributed by atoms with Gasteiger partial charge in [-0.25, -0.2) is 13.6 Å². The molecule has 0 saturated heterocycles. The number of rotatable bonds is 5. The average molecular weight is 384 g/mol. The van der Waals surface area contributed by atoms with Crippen LogP contribution < -0.4 is 5.32 Å². The zero-order valence-electron chi connectivity index (χ0n) is 14.9. The van der Waals surface area contributed by atoms with Crippen LogP contribution >= 0.6 is 0 Å². The normalized spacial score (nSPS) is 15.0. The SMILES string of the molecule is O=C(NC1(C(=O)O)Cc2ccccc2C1)c1ccc2ccn(CC(F)F)c2c1. The van der Waals surface area contributed by atoms with Crippen molar-refractivity contribution < 1.29 is 23.5 Å². The minimum atomic E-state index is -2.51. The van der Waals surface area contributed by atoms with E-state index in [9.17, 15) is 23.5 Å². The molecule has 2 N–H and O–H groups in total. The lowest BCUT2D eigenvalue weighted by atomic mass is 9.95. The number of carboxylic acids is 1. The number of carboxylic acid groups (broad SMARTS) is 1. The molecule has 1 aliphatic rings. The predicted octanol–water partition coefficient (Wildman–Crippen LogP) is 3.26. The Kier molecular flexibility index (Phi) is 4.37. The summed E-state index contributed by atoms with van der Waals surface area (Å²) in [5.74, 6) is -1.64. The Bertz CT molecular complexity index is 1050. The van der Waals surface area contributed by atoms with Crippen molar-refractivity contribution in [2.75, 3.05) is 0 Å². The molecule has 0 spiro atoms. The van der Waals surface area contributed by atoms with Crippen molar-refractivity contribution >= 4 is 22.8 Å². The minimum absolute atomic E-state index is 0.203. The van der Waals surface area contributed by atoms with Crippen molar-refractivity contribution in [2.24, 2.45) is 0 Å². The van der Waals surface area contributed by atoms with Gasteiger partial charge < -0.3 is 15.0 Å². The van der Waals surface area contributed by atoms with E-state index in [-0.39, 0.29) is 18.4 Å². The highest BCUT2D eigenvalue weighted by Gasteiger charge is 2.45. The maximum absolute atomic E-state index is 12.8. The molecule has 1 heterocycles. The van der Waals surface area contributed by atoms with Gasteiger partial charge >= 0.3 is 5.97 Å². The summed E-state index contributed by atoms with van der Waals surface area (Å²) in [6, 6.07) is 13.8. The van der Waals surface area contributed by atoms with E-state index in [1.54, 1.807) is 24.4 Å². The van der Waals surface area contributed by atoms with E-state index in [0.29, 0.717) is 5.52 Å². The topological polar surface area (TPSA) is 71.3 Å². The van der Waals surface area contributed by atoms with Crippen molar-refractivity contribution in [2.45, 2.75) is 31.4 Å². The first kappa shape index (κ1) is 18.2. The molecule has 3 aromatic rings. The number of nitrogens with one attached hydrogen (secondary N) is 1. The third-order valence-corrected chi connectivity index (χ3v) is 5.24.